The van der Waals surface area contributed by atoms with Crippen molar-refractivity contribution < 1.29 is 14.3 Å². The molecular weight excluding hydrogens is 370 g/mol. The van der Waals surface area contributed by atoms with Gasteiger partial charge in [0.2, 0.25) is 0 Å². The zero-order valence-corrected chi connectivity index (χ0v) is 16.6. The maximum atomic E-state index is 13.5. The first-order valence-electron chi connectivity index (χ1n) is 9.16. The van der Waals surface area contributed by atoms with Gasteiger partial charge in [0, 0.05) is 11.3 Å². The number of carbonyl (C=O) groups excluding carboxylic acids is 2. The first-order chi connectivity index (χ1) is 13.6. The number of carbonyl (C=O) groups is 2. The van der Waals surface area contributed by atoms with Gasteiger partial charge in [0.05, 0.1) is 7.11 Å². The lowest BCUT2D eigenvalue weighted by atomic mass is 10.0. The molecule has 0 saturated carbocycles. The summed E-state index contributed by atoms with van der Waals surface area (Å²) in [5.74, 6) is -0.0159. The molecule has 1 saturated heterocycles. The molecule has 0 N–H and O–H groups in total. The molecule has 1 aliphatic heterocycles. The van der Waals surface area contributed by atoms with E-state index < -0.39 is 6.04 Å². The van der Waals surface area contributed by atoms with Gasteiger partial charge in [0.25, 0.3) is 5.91 Å². The van der Waals surface area contributed by atoms with Crippen molar-refractivity contribution in [2.24, 2.45) is 0 Å². The van der Waals surface area contributed by atoms with E-state index in [-0.39, 0.29) is 17.3 Å². The average Bonchev–Trinajstić information content (AvgIpc) is 3.18. The largest absolute Gasteiger partial charge is 0.467 e. The molecule has 3 aromatic rings. The summed E-state index contributed by atoms with van der Waals surface area (Å²) >= 11 is 1.59. The summed E-state index contributed by atoms with van der Waals surface area (Å²) in [6, 6.07) is 21.1. The lowest BCUT2D eigenvalue weighted by molar-refractivity contribution is -0.145. The van der Waals surface area contributed by atoms with Crippen LogP contribution in [0.25, 0.3) is 10.8 Å². The maximum Gasteiger partial charge on any atom is 0.329 e. The lowest BCUT2D eigenvalue weighted by Gasteiger charge is -2.28. The van der Waals surface area contributed by atoms with E-state index in [1.807, 2.05) is 73.7 Å². The minimum atomic E-state index is -0.597. The van der Waals surface area contributed by atoms with E-state index in [1.54, 1.807) is 16.7 Å². The number of methoxy groups -OCH3 is 1. The van der Waals surface area contributed by atoms with Crippen molar-refractivity contribution in [2.75, 3.05) is 12.9 Å². The van der Waals surface area contributed by atoms with Crippen LogP contribution < -0.4 is 0 Å². The smallest absolute Gasteiger partial charge is 0.329 e. The molecule has 4 nitrogen and oxygen atoms in total. The molecule has 2 atom stereocenters. The van der Waals surface area contributed by atoms with Crippen molar-refractivity contribution >= 4 is 34.4 Å². The quantitative estimate of drug-likeness (QED) is 0.613. The van der Waals surface area contributed by atoms with Crippen molar-refractivity contribution in [3.8, 4) is 0 Å². The van der Waals surface area contributed by atoms with Gasteiger partial charge in [-0.1, -0.05) is 60.2 Å². The number of hydrogen-bond acceptors (Lipinski definition) is 4. The highest BCUT2D eigenvalue weighted by molar-refractivity contribution is 7.99. The predicted octanol–water partition coefficient (Wildman–Crippen LogP) is 4.58. The standard InChI is InChI=1S/C23H21NO3S/c1-15-7-9-17(10-8-15)22-24(20(14-28-22)23(26)27-2)21(25)19-12-11-16-5-3-4-6-18(16)13-19/h3-13,20,22H,14H2,1-2H3. The highest BCUT2D eigenvalue weighted by atomic mass is 32.2. The Bertz CT molecular complexity index is 1030. The molecule has 5 heteroatoms. The summed E-state index contributed by atoms with van der Waals surface area (Å²) in [5, 5.41) is 1.86. The Balaban J connectivity index is 1.74. The number of aryl methyl sites for hydroxylation is 1. The van der Waals surface area contributed by atoms with E-state index in [0.29, 0.717) is 11.3 Å². The zero-order chi connectivity index (χ0) is 19.7. The third kappa shape index (κ3) is 3.38. The molecule has 142 valence electrons. The van der Waals surface area contributed by atoms with Crippen LogP contribution in [0.5, 0.6) is 0 Å². The molecule has 0 bridgehead atoms. The van der Waals surface area contributed by atoms with Crippen LogP contribution in [-0.4, -0.2) is 35.7 Å². The molecule has 2 unspecified atom stereocenters. The Labute approximate surface area is 168 Å². The summed E-state index contributed by atoms with van der Waals surface area (Å²) in [7, 11) is 1.37. The van der Waals surface area contributed by atoms with Gasteiger partial charge in [0.15, 0.2) is 0 Å². The van der Waals surface area contributed by atoms with Crippen LogP contribution in [-0.2, 0) is 9.53 Å². The van der Waals surface area contributed by atoms with Crippen LogP contribution in [0.2, 0.25) is 0 Å². The summed E-state index contributed by atoms with van der Waals surface area (Å²) in [5.41, 5.74) is 2.74. The van der Waals surface area contributed by atoms with Gasteiger partial charge in [-0.2, -0.15) is 0 Å². The third-order valence-electron chi connectivity index (χ3n) is 5.07. The Morgan fingerprint density at radius 2 is 1.71 bits per heavy atom. The monoisotopic (exact) mass is 391 g/mol. The number of rotatable bonds is 3. The molecule has 1 amide bonds. The van der Waals surface area contributed by atoms with Gasteiger partial charge in [0.1, 0.15) is 11.4 Å². The van der Waals surface area contributed by atoms with Crippen molar-refractivity contribution in [3.63, 3.8) is 0 Å². The minimum Gasteiger partial charge on any atom is -0.467 e. The van der Waals surface area contributed by atoms with Gasteiger partial charge in [-0.15, -0.1) is 11.8 Å². The molecular formula is C23H21NO3S. The number of nitrogens with zero attached hydrogens (tertiary/aromatic N) is 1. The first-order valence-corrected chi connectivity index (χ1v) is 10.2. The number of thioether (sulfide) groups is 1. The summed E-state index contributed by atoms with van der Waals surface area (Å²) in [4.78, 5) is 27.5. The second-order valence-corrected chi connectivity index (χ2v) is 8.02. The van der Waals surface area contributed by atoms with Gasteiger partial charge in [-0.3, -0.25) is 4.79 Å². The van der Waals surface area contributed by atoms with Crippen LogP contribution in [0.3, 0.4) is 0 Å². The van der Waals surface area contributed by atoms with E-state index in [2.05, 4.69) is 0 Å². The maximum absolute atomic E-state index is 13.5. The second-order valence-electron chi connectivity index (χ2n) is 6.91. The van der Waals surface area contributed by atoms with E-state index in [9.17, 15) is 9.59 Å². The highest BCUT2D eigenvalue weighted by Gasteiger charge is 2.43. The average molecular weight is 391 g/mol. The number of esters is 1. The lowest BCUT2D eigenvalue weighted by Crippen LogP contribution is -2.43. The molecule has 1 aliphatic rings. The highest BCUT2D eigenvalue weighted by Crippen LogP contribution is 2.42. The molecule has 3 aromatic carbocycles. The summed E-state index contributed by atoms with van der Waals surface area (Å²) in [6.07, 6.45) is 0. The SMILES string of the molecule is COC(=O)C1CSC(c2ccc(C)cc2)N1C(=O)c1ccc2ccccc2c1. The summed E-state index contributed by atoms with van der Waals surface area (Å²) in [6.45, 7) is 2.03. The molecule has 0 spiro atoms. The van der Waals surface area contributed by atoms with Crippen LogP contribution in [0.15, 0.2) is 66.7 Å². The number of benzene rings is 3. The minimum absolute atomic E-state index is 0.156. The predicted molar refractivity (Wildman–Crippen MR) is 112 cm³/mol. The third-order valence-corrected chi connectivity index (χ3v) is 6.39. The fourth-order valence-electron chi connectivity index (χ4n) is 3.53. The van der Waals surface area contributed by atoms with E-state index in [1.165, 1.54) is 7.11 Å². The van der Waals surface area contributed by atoms with Crippen LogP contribution in [0.1, 0.15) is 26.9 Å². The fraction of sp³-hybridized carbons (Fsp3) is 0.217. The van der Waals surface area contributed by atoms with Crippen LogP contribution in [0.4, 0.5) is 0 Å². The first kappa shape index (κ1) is 18.6. The molecule has 28 heavy (non-hydrogen) atoms. The topological polar surface area (TPSA) is 46.6 Å². The zero-order valence-electron chi connectivity index (χ0n) is 15.8. The van der Waals surface area contributed by atoms with Gasteiger partial charge in [-0.25, -0.2) is 4.79 Å². The van der Waals surface area contributed by atoms with Crippen molar-refractivity contribution in [2.45, 2.75) is 18.3 Å². The number of hydrogen-bond donors (Lipinski definition) is 0. The second kappa shape index (κ2) is 7.68. The molecule has 1 heterocycles. The van der Waals surface area contributed by atoms with Gasteiger partial charge in [-0.05, 0) is 35.4 Å². The van der Waals surface area contributed by atoms with E-state index in [4.69, 9.17) is 4.74 Å². The van der Waals surface area contributed by atoms with E-state index >= 15 is 0 Å². The Hall–Kier alpha value is -2.79. The van der Waals surface area contributed by atoms with Crippen molar-refractivity contribution in [3.05, 3.63) is 83.4 Å². The molecule has 1 fully saturated rings. The molecule has 4 rings (SSSR count). The molecule has 0 aliphatic carbocycles. The Morgan fingerprint density at radius 3 is 2.43 bits per heavy atom. The van der Waals surface area contributed by atoms with Gasteiger partial charge >= 0.3 is 5.97 Å². The van der Waals surface area contributed by atoms with E-state index in [0.717, 1.165) is 21.9 Å². The number of amides is 1. The van der Waals surface area contributed by atoms with Crippen LogP contribution in [0, 0.1) is 6.92 Å². The molecule has 0 radical (unpaired) electrons. The van der Waals surface area contributed by atoms with Crippen molar-refractivity contribution in [1.29, 1.82) is 0 Å². The number of ether oxygens (including phenoxy) is 1. The molecule has 0 aromatic heterocycles. The normalized spacial score (nSPS) is 19.0. The Morgan fingerprint density at radius 1 is 1.00 bits per heavy atom. The summed E-state index contributed by atoms with van der Waals surface area (Å²) < 4.78 is 4.98. The van der Waals surface area contributed by atoms with Crippen LogP contribution >= 0.6 is 11.8 Å². The van der Waals surface area contributed by atoms with Gasteiger partial charge < -0.3 is 9.64 Å². The fourth-order valence-corrected chi connectivity index (χ4v) is 4.95. The number of fused-ring (bicyclic) bond motifs is 1. The Kier molecular flexibility index (Phi) is 5.09. The van der Waals surface area contributed by atoms with Crippen molar-refractivity contribution in [1.82, 2.24) is 4.90 Å².